The first-order valence-electron chi connectivity index (χ1n) is 11.3. The van der Waals surface area contributed by atoms with E-state index in [1.54, 1.807) is 0 Å². The Morgan fingerprint density at radius 3 is 1.75 bits per heavy atom. The van der Waals surface area contributed by atoms with Crippen molar-refractivity contribution in [3.63, 3.8) is 0 Å². The molecule has 0 amide bonds. The molecule has 2 aliphatic carbocycles. The lowest BCUT2D eigenvalue weighted by Gasteiger charge is -2.30. The molecule has 0 aliphatic heterocycles. The molecule has 0 nitrogen and oxygen atoms in total. The molecule has 0 N–H and O–H groups in total. The lowest BCUT2D eigenvalue weighted by molar-refractivity contribution is 0.793. The summed E-state index contributed by atoms with van der Waals surface area (Å²) in [6.07, 6.45) is 0. The Morgan fingerprint density at radius 2 is 1.03 bits per heavy atom. The molecule has 0 radical (unpaired) electrons. The van der Waals surface area contributed by atoms with E-state index in [2.05, 4.69) is 122 Å². The quantitative estimate of drug-likeness (QED) is 0.259. The van der Waals surface area contributed by atoms with Gasteiger partial charge in [0.2, 0.25) is 0 Å². The van der Waals surface area contributed by atoms with Crippen LogP contribution in [0.25, 0.3) is 33.4 Å². The number of hydrogen-bond acceptors (Lipinski definition) is 0. The fraction of sp³-hybridized carbons (Fsp3) is 0.0625. The standard InChI is InChI=1S/C32H22/c1-21-10-9-17-30-31(21)26-20-23(22-11-3-2-4-12-22)18-19-29(26)32(30)27-15-7-5-13-24(27)25-14-6-8-16-28(25)32/h2-20H,1H3. The number of benzene rings is 5. The molecule has 0 heterocycles. The first-order valence-corrected chi connectivity index (χ1v) is 11.3. The van der Waals surface area contributed by atoms with Crippen molar-refractivity contribution in [1.82, 2.24) is 0 Å². The van der Waals surface area contributed by atoms with E-state index in [1.165, 1.54) is 61.2 Å². The van der Waals surface area contributed by atoms with Crippen molar-refractivity contribution < 1.29 is 0 Å². The summed E-state index contributed by atoms with van der Waals surface area (Å²) in [5, 5.41) is 0. The predicted molar refractivity (Wildman–Crippen MR) is 133 cm³/mol. The van der Waals surface area contributed by atoms with Gasteiger partial charge in [-0.3, -0.25) is 0 Å². The van der Waals surface area contributed by atoms with Crippen LogP contribution < -0.4 is 0 Å². The molecule has 0 fully saturated rings. The van der Waals surface area contributed by atoms with E-state index in [0.717, 1.165) is 0 Å². The molecule has 0 aromatic heterocycles. The number of aryl methyl sites for hydroxylation is 1. The second-order valence-corrected chi connectivity index (χ2v) is 8.97. The van der Waals surface area contributed by atoms with Gasteiger partial charge in [-0.1, -0.05) is 109 Å². The van der Waals surface area contributed by atoms with Gasteiger partial charge >= 0.3 is 0 Å². The monoisotopic (exact) mass is 406 g/mol. The van der Waals surface area contributed by atoms with Crippen LogP contribution >= 0.6 is 0 Å². The molecule has 0 saturated carbocycles. The lowest BCUT2D eigenvalue weighted by atomic mass is 9.70. The molecule has 32 heavy (non-hydrogen) atoms. The van der Waals surface area contributed by atoms with Gasteiger partial charge in [0.1, 0.15) is 0 Å². The SMILES string of the molecule is Cc1cccc2c1-c1cc(-c3ccccc3)ccc1C21c2ccccc2-c2ccccc21. The van der Waals surface area contributed by atoms with Crippen LogP contribution in [0.1, 0.15) is 27.8 Å². The molecule has 0 atom stereocenters. The van der Waals surface area contributed by atoms with E-state index in [0.29, 0.717) is 0 Å². The van der Waals surface area contributed by atoms with Crippen molar-refractivity contribution in [2.45, 2.75) is 12.3 Å². The molecule has 0 bridgehead atoms. The zero-order chi connectivity index (χ0) is 21.3. The average Bonchev–Trinajstić information content (AvgIpc) is 3.32. The molecular formula is C32H22. The Labute approximate surface area is 188 Å². The van der Waals surface area contributed by atoms with Gasteiger partial charge in [-0.05, 0) is 74.2 Å². The fourth-order valence-electron chi connectivity index (χ4n) is 6.19. The molecular weight excluding hydrogens is 384 g/mol. The number of rotatable bonds is 1. The smallest absolute Gasteiger partial charge is 0.0622 e. The van der Waals surface area contributed by atoms with E-state index in [9.17, 15) is 0 Å². The Balaban J connectivity index is 1.64. The normalized spacial score (nSPS) is 14.0. The maximum Gasteiger partial charge on any atom is 0.0725 e. The van der Waals surface area contributed by atoms with Crippen molar-refractivity contribution in [2.75, 3.05) is 0 Å². The Kier molecular flexibility index (Phi) is 3.50. The average molecular weight is 407 g/mol. The van der Waals surface area contributed by atoms with Crippen LogP contribution in [0.4, 0.5) is 0 Å². The summed E-state index contributed by atoms with van der Waals surface area (Å²) in [4.78, 5) is 0. The zero-order valence-electron chi connectivity index (χ0n) is 18.0. The Morgan fingerprint density at radius 1 is 0.438 bits per heavy atom. The Hall–Kier alpha value is -3.90. The minimum absolute atomic E-state index is 0.251. The molecule has 7 rings (SSSR count). The third-order valence-corrected chi connectivity index (χ3v) is 7.43. The highest BCUT2D eigenvalue weighted by atomic mass is 14.5. The molecule has 5 aromatic carbocycles. The highest BCUT2D eigenvalue weighted by Gasteiger charge is 2.51. The molecule has 5 aromatic rings. The third-order valence-electron chi connectivity index (χ3n) is 7.43. The van der Waals surface area contributed by atoms with Crippen LogP contribution in [0.3, 0.4) is 0 Å². The first-order chi connectivity index (χ1) is 15.8. The molecule has 0 heteroatoms. The van der Waals surface area contributed by atoms with Gasteiger partial charge in [-0.2, -0.15) is 0 Å². The summed E-state index contributed by atoms with van der Waals surface area (Å²) in [5.41, 5.74) is 14.7. The Bertz CT molecular complexity index is 1480. The summed E-state index contributed by atoms with van der Waals surface area (Å²) in [6.45, 7) is 2.25. The van der Waals surface area contributed by atoms with E-state index in [-0.39, 0.29) is 5.41 Å². The van der Waals surface area contributed by atoms with Gasteiger partial charge in [-0.15, -0.1) is 0 Å². The second kappa shape index (κ2) is 6.31. The number of fused-ring (bicyclic) bond motifs is 10. The molecule has 150 valence electrons. The highest BCUT2D eigenvalue weighted by Crippen LogP contribution is 2.63. The van der Waals surface area contributed by atoms with E-state index < -0.39 is 0 Å². The van der Waals surface area contributed by atoms with Crippen molar-refractivity contribution in [3.8, 4) is 33.4 Å². The summed E-state index contributed by atoms with van der Waals surface area (Å²) < 4.78 is 0. The van der Waals surface area contributed by atoms with E-state index in [4.69, 9.17) is 0 Å². The van der Waals surface area contributed by atoms with Gasteiger partial charge in [0.05, 0.1) is 5.41 Å². The number of hydrogen-bond donors (Lipinski definition) is 0. The summed E-state index contributed by atoms with van der Waals surface area (Å²) in [5.74, 6) is 0. The van der Waals surface area contributed by atoms with Crippen molar-refractivity contribution >= 4 is 0 Å². The molecule has 2 aliphatic rings. The third kappa shape index (κ3) is 2.07. The topological polar surface area (TPSA) is 0 Å². The molecule has 1 spiro atoms. The van der Waals surface area contributed by atoms with Gasteiger partial charge in [0.25, 0.3) is 0 Å². The second-order valence-electron chi connectivity index (χ2n) is 8.97. The predicted octanol–water partition coefficient (Wildman–Crippen LogP) is 8.01. The van der Waals surface area contributed by atoms with Crippen molar-refractivity contribution in [2.24, 2.45) is 0 Å². The van der Waals surface area contributed by atoms with Crippen LogP contribution in [-0.4, -0.2) is 0 Å². The van der Waals surface area contributed by atoms with E-state index in [1.807, 2.05) is 0 Å². The summed E-state index contributed by atoms with van der Waals surface area (Å²) in [6, 6.07) is 42.6. The van der Waals surface area contributed by atoms with Gasteiger partial charge in [0, 0.05) is 0 Å². The van der Waals surface area contributed by atoms with Crippen molar-refractivity contribution in [1.29, 1.82) is 0 Å². The summed E-state index contributed by atoms with van der Waals surface area (Å²) >= 11 is 0. The maximum absolute atomic E-state index is 2.41. The molecule has 0 saturated heterocycles. The minimum Gasteiger partial charge on any atom is -0.0622 e. The van der Waals surface area contributed by atoms with Crippen LogP contribution in [0.2, 0.25) is 0 Å². The maximum atomic E-state index is 2.41. The zero-order valence-corrected chi connectivity index (χ0v) is 18.0. The summed E-state index contributed by atoms with van der Waals surface area (Å²) in [7, 11) is 0. The van der Waals surface area contributed by atoms with Crippen LogP contribution in [0.15, 0.2) is 115 Å². The van der Waals surface area contributed by atoms with Gasteiger partial charge in [0.15, 0.2) is 0 Å². The lowest BCUT2D eigenvalue weighted by Crippen LogP contribution is -2.25. The highest BCUT2D eigenvalue weighted by molar-refractivity contribution is 5.96. The molecule has 0 unspecified atom stereocenters. The van der Waals surface area contributed by atoms with Gasteiger partial charge < -0.3 is 0 Å². The van der Waals surface area contributed by atoms with Crippen LogP contribution in [0, 0.1) is 6.92 Å². The minimum atomic E-state index is -0.251. The van der Waals surface area contributed by atoms with Crippen LogP contribution in [-0.2, 0) is 5.41 Å². The first kappa shape index (κ1) is 17.7. The van der Waals surface area contributed by atoms with Crippen molar-refractivity contribution in [3.05, 3.63) is 143 Å². The largest absolute Gasteiger partial charge is 0.0725 e. The fourth-order valence-corrected chi connectivity index (χ4v) is 6.19. The van der Waals surface area contributed by atoms with Gasteiger partial charge in [-0.25, -0.2) is 0 Å². The van der Waals surface area contributed by atoms with E-state index >= 15 is 0 Å². The van der Waals surface area contributed by atoms with Crippen LogP contribution in [0.5, 0.6) is 0 Å².